The van der Waals surface area contributed by atoms with Crippen molar-refractivity contribution in [3.8, 4) is 5.75 Å². The lowest BCUT2D eigenvalue weighted by atomic mass is 10.2. The van der Waals surface area contributed by atoms with Crippen molar-refractivity contribution in [3.63, 3.8) is 0 Å². The van der Waals surface area contributed by atoms with E-state index in [1.54, 1.807) is 17.0 Å². The highest BCUT2D eigenvalue weighted by Gasteiger charge is 2.25. The summed E-state index contributed by atoms with van der Waals surface area (Å²) >= 11 is 0. The van der Waals surface area contributed by atoms with Gasteiger partial charge in [-0.05, 0) is 24.6 Å². The summed E-state index contributed by atoms with van der Waals surface area (Å²) in [6.45, 7) is 0.583. The van der Waals surface area contributed by atoms with Crippen LogP contribution in [0.4, 0.5) is 22.7 Å². The fourth-order valence-corrected chi connectivity index (χ4v) is 2.99. The van der Waals surface area contributed by atoms with Crippen LogP contribution in [-0.4, -0.2) is 36.3 Å². The number of nitro groups is 1. The van der Waals surface area contributed by atoms with Crippen LogP contribution in [0.2, 0.25) is 0 Å². The molecule has 2 aromatic rings. The van der Waals surface area contributed by atoms with Crippen molar-refractivity contribution in [2.45, 2.75) is 12.8 Å². The quantitative estimate of drug-likeness (QED) is 0.451. The van der Waals surface area contributed by atoms with Crippen LogP contribution >= 0.6 is 0 Å². The van der Waals surface area contributed by atoms with Gasteiger partial charge in [-0.15, -0.1) is 0 Å². The maximum Gasteiger partial charge on any atom is 0.314 e. The number of methoxy groups -OCH3 is 1. The molecule has 10 nitrogen and oxygen atoms in total. The number of rotatable bonds is 5. The van der Waals surface area contributed by atoms with E-state index in [9.17, 15) is 24.5 Å². The highest BCUT2D eigenvalue weighted by Crippen LogP contribution is 2.33. The van der Waals surface area contributed by atoms with Crippen molar-refractivity contribution in [2.24, 2.45) is 0 Å². The summed E-state index contributed by atoms with van der Waals surface area (Å²) in [5, 5.41) is 15.6. The fraction of sp³-hybridized carbons (Fsp3) is 0.211. The number of anilines is 3. The van der Waals surface area contributed by atoms with E-state index < -0.39 is 16.7 Å². The molecule has 1 heterocycles. The van der Waals surface area contributed by atoms with Gasteiger partial charge in [-0.1, -0.05) is 12.1 Å². The van der Waals surface area contributed by atoms with Crippen molar-refractivity contribution < 1.29 is 24.0 Å². The van der Waals surface area contributed by atoms with Gasteiger partial charge in [0.15, 0.2) is 0 Å². The monoisotopic (exact) mass is 398 g/mol. The molecule has 2 N–H and O–H groups in total. The number of nitro benzene ring substituents is 1. The number of nitrogens with zero attached hydrogens (tertiary/aromatic N) is 2. The van der Waals surface area contributed by atoms with Crippen LogP contribution in [0, 0.1) is 10.1 Å². The zero-order chi connectivity index (χ0) is 21.0. The number of amides is 3. The summed E-state index contributed by atoms with van der Waals surface area (Å²) in [5.74, 6) is -1.70. The van der Waals surface area contributed by atoms with E-state index in [1.807, 2.05) is 0 Å². The summed E-state index contributed by atoms with van der Waals surface area (Å²) in [6.07, 6.45) is 1.22. The summed E-state index contributed by atoms with van der Waals surface area (Å²) in [6, 6.07) is 10.2. The SMILES string of the molecule is COc1cc(NC(=O)C(=O)Nc2ccccc2[N+](=O)[O-])ccc1N1CCCC1=O. The van der Waals surface area contributed by atoms with Crippen LogP contribution in [0.5, 0.6) is 5.75 Å². The molecule has 3 amide bonds. The van der Waals surface area contributed by atoms with Crippen LogP contribution in [-0.2, 0) is 14.4 Å². The van der Waals surface area contributed by atoms with Crippen LogP contribution in [0.3, 0.4) is 0 Å². The molecule has 2 aromatic carbocycles. The minimum Gasteiger partial charge on any atom is -0.494 e. The van der Waals surface area contributed by atoms with Gasteiger partial charge in [0.1, 0.15) is 11.4 Å². The average Bonchev–Trinajstić information content (AvgIpc) is 3.13. The number of carbonyl (C=O) groups excluding carboxylic acids is 3. The Morgan fingerprint density at radius 3 is 2.52 bits per heavy atom. The van der Waals surface area contributed by atoms with Crippen LogP contribution in [0.25, 0.3) is 0 Å². The Morgan fingerprint density at radius 2 is 1.86 bits per heavy atom. The Morgan fingerprint density at radius 1 is 1.14 bits per heavy atom. The molecule has 1 aliphatic rings. The van der Waals surface area contributed by atoms with Gasteiger partial charge in [-0.25, -0.2) is 0 Å². The molecule has 0 bridgehead atoms. The van der Waals surface area contributed by atoms with Gasteiger partial charge in [-0.3, -0.25) is 24.5 Å². The normalized spacial score (nSPS) is 13.1. The van der Waals surface area contributed by atoms with Crippen LogP contribution in [0.15, 0.2) is 42.5 Å². The van der Waals surface area contributed by atoms with Gasteiger partial charge in [0, 0.05) is 30.8 Å². The maximum atomic E-state index is 12.2. The van der Waals surface area contributed by atoms with E-state index in [4.69, 9.17) is 4.74 Å². The molecule has 0 aliphatic carbocycles. The summed E-state index contributed by atoms with van der Waals surface area (Å²) in [5.41, 5.74) is 0.449. The first-order valence-corrected chi connectivity index (χ1v) is 8.75. The van der Waals surface area contributed by atoms with E-state index >= 15 is 0 Å². The summed E-state index contributed by atoms with van der Waals surface area (Å²) in [7, 11) is 1.44. The number of hydrogen-bond donors (Lipinski definition) is 2. The maximum absolute atomic E-state index is 12.2. The van der Waals surface area contributed by atoms with Crippen LogP contribution < -0.4 is 20.3 Å². The van der Waals surface area contributed by atoms with Gasteiger partial charge in [-0.2, -0.15) is 0 Å². The molecule has 0 atom stereocenters. The lowest BCUT2D eigenvalue weighted by Crippen LogP contribution is -2.29. The Hall–Kier alpha value is -3.95. The second-order valence-corrected chi connectivity index (χ2v) is 6.22. The fourth-order valence-electron chi connectivity index (χ4n) is 2.99. The van der Waals surface area contributed by atoms with Crippen LogP contribution in [0.1, 0.15) is 12.8 Å². The molecule has 0 spiro atoms. The second-order valence-electron chi connectivity index (χ2n) is 6.22. The summed E-state index contributed by atoms with van der Waals surface area (Å²) in [4.78, 5) is 48.2. The molecule has 0 aromatic heterocycles. The lowest BCUT2D eigenvalue weighted by molar-refractivity contribution is -0.383. The molecule has 3 rings (SSSR count). The van der Waals surface area contributed by atoms with Crippen molar-refractivity contribution in [1.82, 2.24) is 0 Å². The molecule has 29 heavy (non-hydrogen) atoms. The number of carbonyl (C=O) groups is 3. The van der Waals surface area contributed by atoms with Gasteiger partial charge < -0.3 is 20.3 Å². The smallest absolute Gasteiger partial charge is 0.314 e. The number of hydrogen-bond acceptors (Lipinski definition) is 6. The first kappa shape index (κ1) is 19.8. The zero-order valence-electron chi connectivity index (χ0n) is 15.5. The van der Waals surface area contributed by atoms with Crippen molar-refractivity contribution in [2.75, 3.05) is 29.2 Å². The number of nitrogens with one attached hydrogen (secondary N) is 2. The zero-order valence-corrected chi connectivity index (χ0v) is 15.5. The standard InChI is InChI=1S/C19H18N4O6/c1-29-16-11-12(8-9-15(16)22-10-4-7-17(22)24)20-18(25)19(26)21-13-5-2-3-6-14(13)23(27)28/h2-3,5-6,8-9,11H,4,7,10H2,1H3,(H,20,25)(H,21,26). The molecule has 0 saturated carbocycles. The highest BCUT2D eigenvalue weighted by atomic mass is 16.6. The molecule has 1 fully saturated rings. The molecule has 1 aliphatic heterocycles. The topological polar surface area (TPSA) is 131 Å². The van der Waals surface area contributed by atoms with Gasteiger partial charge in [0.05, 0.1) is 17.7 Å². The lowest BCUT2D eigenvalue weighted by Gasteiger charge is -2.19. The molecule has 150 valence electrons. The third kappa shape index (κ3) is 4.32. The third-order valence-corrected chi connectivity index (χ3v) is 4.36. The predicted octanol–water partition coefficient (Wildman–Crippen LogP) is 2.31. The predicted molar refractivity (Wildman–Crippen MR) is 105 cm³/mol. The van der Waals surface area contributed by atoms with Crippen molar-refractivity contribution >= 4 is 40.5 Å². The Balaban J connectivity index is 1.73. The number of para-hydroxylation sites is 2. The van der Waals surface area contributed by atoms with E-state index in [2.05, 4.69) is 10.6 Å². The average molecular weight is 398 g/mol. The molecule has 10 heteroatoms. The first-order chi connectivity index (χ1) is 13.9. The third-order valence-electron chi connectivity index (χ3n) is 4.36. The molecule has 1 saturated heterocycles. The van der Waals surface area contributed by atoms with Gasteiger partial charge in [0.25, 0.3) is 5.69 Å². The number of benzene rings is 2. The van der Waals surface area contributed by atoms with E-state index in [0.717, 1.165) is 6.42 Å². The highest BCUT2D eigenvalue weighted by molar-refractivity contribution is 6.43. The van der Waals surface area contributed by atoms with Gasteiger partial charge >= 0.3 is 11.8 Å². The van der Waals surface area contributed by atoms with Crippen molar-refractivity contribution in [1.29, 1.82) is 0 Å². The minimum absolute atomic E-state index is 0.0103. The molecule has 0 radical (unpaired) electrons. The summed E-state index contributed by atoms with van der Waals surface area (Å²) < 4.78 is 5.31. The minimum atomic E-state index is -1.06. The Labute approximate surface area is 165 Å². The van der Waals surface area contributed by atoms with E-state index in [-0.39, 0.29) is 23.0 Å². The largest absolute Gasteiger partial charge is 0.494 e. The Bertz CT molecular complexity index is 990. The first-order valence-electron chi connectivity index (χ1n) is 8.75. The Kier molecular flexibility index (Phi) is 5.72. The van der Waals surface area contributed by atoms with E-state index in [0.29, 0.717) is 24.4 Å². The molecular weight excluding hydrogens is 380 g/mol. The van der Waals surface area contributed by atoms with Gasteiger partial charge in [0.2, 0.25) is 5.91 Å². The second kappa shape index (κ2) is 8.38. The molecular formula is C19H18N4O6. The van der Waals surface area contributed by atoms with E-state index in [1.165, 1.54) is 37.4 Å². The van der Waals surface area contributed by atoms with Crippen molar-refractivity contribution in [3.05, 3.63) is 52.6 Å². The number of ether oxygens (including phenoxy) is 1. The molecule has 0 unspecified atom stereocenters.